The third-order valence-corrected chi connectivity index (χ3v) is 3.16. The number of hydrogen-bond acceptors (Lipinski definition) is 4. The number of amides is 2. The molecule has 112 valence electrons. The molecule has 0 saturated carbocycles. The first-order valence-corrected chi connectivity index (χ1v) is 6.13. The molecule has 8 heteroatoms. The zero-order chi connectivity index (χ0) is 15.5. The minimum atomic E-state index is -1.62. The fourth-order valence-electron chi connectivity index (χ4n) is 1.96. The Bertz CT molecular complexity index is 553. The van der Waals surface area contributed by atoms with E-state index in [2.05, 4.69) is 5.32 Å². The normalized spacial score (nSPS) is 15.7. The van der Waals surface area contributed by atoms with Gasteiger partial charge in [-0.25, -0.2) is 14.4 Å². The number of ether oxygens (including phenoxy) is 1. The quantitative estimate of drug-likeness (QED) is 0.753. The van der Waals surface area contributed by atoms with Gasteiger partial charge in [-0.05, 0) is 5.56 Å². The van der Waals surface area contributed by atoms with E-state index in [1.807, 2.05) is 6.07 Å². The first kappa shape index (κ1) is 14.6. The van der Waals surface area contributed by atoms with Crippen LogP contribution in [0, 0.1) is 0 Å². The predicted molar refractivity (Wildman–Crippen MR) is 69.7 cm³/mol. The summed E-state index contributed by atoms with van der Waals surface area (Å²) < 4.78 is 4.93. The Morgan fingerprint density at radius 2 is 1.81 bits per heavy atom. The highest BCUT2D eigenvalue weighted by molar-refractivity contribution is 5.88. The highest BCUT2D eigenvalue weighted by Crippen LogP contribution is 2.21. The SMILES string of the molecule is O=C(NC1(C(=O)O)CN(C(=O)O)C1)OCc1ccccc1. The lowest BCUT2D eigenvalue weighted by Gasteiger charge is -2.45. The first-order valence-electron chi connectivity index (χ1n) is 6.13. The molecule has 0 unspecified atom stereocenters. The van der Waals surface area contributed by atoms with E-state index in [4.69, 9.17) is 14.9 Å². The van der Waals surface area contributed by atoms with Crippen molar-refractivity contribution in [1.82, 2.24) is 10.2 Å². The lowest BCUT2D eigenvalue weighted by molar-refractivity contribution is -0.151. The number of benzene rings is 1. The molecule has 0 spiro atoms. The molecule has 2 amide bonds. The summed E-state index contributed by atoms with van der Waals surface area (Å²) in [6, 6.07) is 8.90. The van der Waals surface area contributed by atoms with Gasteiger partial charge in [0, 0.05) is 0 Å². The van der Waals surface area contributed by atoms with Gasteiger partial charge in [0.2, 0.25) is 0 Å². The lowest BCUT2D eigenvalue weighted by atomic mass is 9.90. The van der Waals surface area contributed by atoms with Crippen molar-refractivity contribution in [2.45, 2.75) is 12.1 Å². The van der Waals surface area contributed by atoms with Gasteiger partial charge in [0.25, 0.3) is 0 Å². The summed E-state index contributed by atoms with van der Waals surface area (Å²) in [4.78, 5) is 34.4. The van der Waals surface area contributed by atoms with E-state index in [9.17, 15) is 14.4 Å². The summed E-state index contributed by atoms with van der Waals surface area (Å²) in [5, 5.41) is 20.1. The highest BCUT2D eigenvalue weighted by Gasteiger charge is 2.53. The standard InChI is InChI=1S/C13H14N2O6/c16-10(17)13(7-15(8-13)12(19)20)14-11(18)21-6-9-4-2-1-3-5-9/h1-5H,6-8H2,(H,14,18)(H,16,17)(H,19,20). The van der Waals surface area contributed by atoms with Crippen LogP contribution < -0.4 is 5.32 Å². The van der Waals surface area contributed by atoms with Gasteiger partial charge in [0.05, 0.1) is 13.1 Å². The van der Waals surface area contributed by atoms with Crippen LogP contribution in [0.3, 0.4) is 0 Å². The number of alkyl carbamates (subject to hydrolysis) is 1. The molecule has 1 saturated heterocycles. The molecule has 1 aliphatic heterocycles. The van der Waals surface area contributed by atoms with E-state index in [0.29, 0.717) is 0 Å². The average Bonchev–Trinajstić information content (AvgIpc) is 2.40. The van der Waals surface area contributed by atoms with Crippen LogP contribution in [0.25, 0.3) is 0 Å². The summed E-state index contributed by atoms with van der Waals surface area (Å²) >= 11 is 0. The summed E-state index contributed by atoms with van der Waals surface area (Å²) in [6.45, 7) is -0.610. The van der Waals surface area contributed by atoms with Gasteiger partial charge in [0.1, 0.15) is 6.61 Å². The zero-order valence-corrected chi connectivity index (χ0v) is 11.0. The molecular weight excluding hydrogens is 280 g/mol. The molecule has 1 heterocycles. The van der Waals surface area contributed by atoms with Crippen molar-refractivity contribution in [3.05, 3.63) is 35.9 Å². The van der Waals surface area contributed by atoms with Crippen LogP contribution in [0.2, 0.25) is 0 Å². The lowest BCUT2D eigenvalue weighted by Crippen LogP contribution is -2.75. The monoisotopic (exact) mass is 294 g/mol. The van der Waals surface area contributed by atoms with Crippen LogP contribution >= 0.6 is 0 Å². The number of nitrogens with zero attached hydrogens (tertiary/aromatic N) is 1. The van der Waals surface area contributed by atoms with Gasteiger partial charge in [0.15, 0.2) is 5.54 Å². The number of nitrogens with one attached hydrogen (secondary N) is 1. The zero-order valence-electron chi connectivity index (χ0n) is 11.0. The van der Waals surface area contributed by atoms with Crippen molar-refractivity contribution in [3.63, 3.8) is 0 Å². The Morgan fingerprint density at radius 1 is 1.19 bits per heavy atom. The Labute approximate surface area is 119 Å². The first-order chi connectivity index (χ1) is 9.93. The number of carboxylic acids is 1. The Balaban J connectivity index is 1.88. The van der Waals surface area contributed by atoms with Crippen molar-refractivity contribution in [2.75, 3.05) is 13.1 Å². The maximum absolute atomic E-state index is 11.6. The van der Waals surface area contributed by atoms with Crippen LogP contribution in [0.1, 0.15) is 5.56 Å². The number of carboxylic acid groups (broad SMARTS) is 2. The maximum Gasteiger partial charge on any atom is 0.408 e. The third kappa shape index (κ3) is 3.22. The van der Waals surface area contributed by atoms with Crippen LogP contribution in [0.15, 0.2) is 30.3 Å². The smallest absolute Gasteiger partial charge is 0.408 e. The van der Waals surface area contributed by atoms with Crippen LogP contribution in [-0.2, 0) is 16.1 Å². The van der Waals surface area contributed by atoms with Gasteiger partial charge < -0.3 is 25.2 Å². The Hall–Kier alpha value is -2.77. The van der Waals surface area contributed by atoms with E-state index in [1.165, 1.54) is 0 Å². The molecule has 3 N–H and O–H groups in total. The number of rotatable bonds is 4. The second-order valence-electron chi connectivity index (χ2n) is 4.71. The second kappa shape index (κ2) is 5.70. The number of likely N-dealkylation sites (tertiary alicyclic amines) is 1. The molecule has 0 aliphatic carbocycles. The van der Waals surface area contributed by atoms with Crippen molar-refractivity contribution < 1.29 is 29.3 Å². The molecule has 21 heavy (non-hydrogen) atoms. The van der Waals surface area contributed by atoms with E-state index in [0.717, 1.165) is 10.5 Å². The van der Waals surface area contributed by atoms with Gasteiger partial charge in [-0.15, -0.1) is 0 Å². The summed E-state index contributed by atoms with van der Waals surface area (Å²) in [6.07, 6.45) is -2.13. The minimum Gasteiger partial charge on any atom is -0.479 e. The van der Waals surface area contributed by atoms with Crippen molar-refractivity contribution >= 4 is 18.2 Å². The largest absolute Gasteiger partial charge is 0.479 e. The van der Waals surface area contributed by atoms with Crippen molar-refractivity contribution in [2.24, 2.45) is 0 Å². The molecule has 2 rings (SSSR count). The van der Waals surface area contributed by atoms with Gasteiger partial charge in [-0.1, -0.05) is 30.3 Å². The number of carbonyl (C=O) groups is 3. The third-order valence-electron chi connectivity index (χ3n) is 3.16. The van der Waals surface area contributed by atoms with Gasteiger partial charge >= 0.3 is 18.2 Å². The van der Waals surface area contributed by atoms with Crippen molar-refractivity contribution in [1.29, 1.82) is 0 Å². The van der Waals surface area contributed by atoms with Gasteiger partial charge in [-0.3, -0.25) is 0 Å². The van der Waals surface area contributed by atoms with Crippen LogP contribution in [0.5, 0.6) is 0 Å². The van der Waals surface area contributed by atoms with E-state index >= 15 is 0 Å². The molecule has 8 nitrogen and oxygen atoms in total. The minimum absolute atomic E-state index is 0.00498. The summed E-state index contributed by atoms with van der Waals surface area (Å²) in [5.74, 6) is -1.29. The molecule has 1 fully saturated rings. The van der Waals surface area contributed by atoms with E-state index in [-0.39, 0.29) is 19.7 Å². The topological polar surface area (TPSA) is 116 Å². The fourth-order valence-corrected chi connectivity index (χ4v) is 1.96. The Kier molecular flexibility index (Phi) is 3.97. The van der Waals surface area contributed by atoms with Gasteiger partial charge in [-0.2, -0.15) is 0 Å². The predicted octanol–water partition coefficient (Wildman–Crippen LogP) is 0.730. The summed E-state index contributed by atoms with van der Waals surface area (Å²) in [7, 11) is 0. The molecule has 0 bridgehead atoms. The van der Waals surface area contributed by atoms with E-state index < -0.39 is 23.7 Å². The molecule has 0 atom stereocenters. The molecule has 0 aromatic heterocycles. The maximum atomic E-state index is 11.6. The number of hydrogen-bond donors (Lipinski definition) is 3. The van der Waals surface area contributed by atoms with Crippen LogP contribution in [-0.4, -0.2) is 51.9 Å². The number of carbonyl (C=O) groups excluding carboxylic acids is 1. The van der Waals surface area contributed by atoms with E-state index in [1.54, 1.807) is 24.3 Å². The van der Waals surface area contributed by atoms with Crippen molar-refractivity contribution in [3.8, 4) is 0 Å². The fraction of sp³-hybridized carbons (Fsp3) is 0.308. The molecule has 1 aromatic carbocycles. The number of aliphatic carboxylic acids is 1. The molecule has 1 aliphatic rings. The summed E-state index contributed by atoms with van der Waals surface area (Å²) in [5.41, 5.74) is -0.857. The second-order valence-corrected chi connectivity index (χ2v) is 4.71. The Morgan fingerprint density at radius 3 is 2.33 bits per heavy atom. The average molecular weight is 294 g/mol. The van der Waals surface area contributed by atoms with Crippen LogP contribution in [0.4, 0.5) is 9.59 Å². The molecular formula is C13H14N2O6. The molecule has 1 aromatic rings. The molecule has 0 radical (unpaired) electrons. The highest BCUT2D eigenvalue weighted by atomic mass is 16.5.